The van der Waals surface area contributed by atoms with Gasteiger partial charge in [-0.3, -0.25) is 0 Å². The molecule has 1 heterocycles. The zero-order valence-electron chi connectivity index (χ0n) is 10.1. The molecule has 0 atom stereocenters. The van der Waals surface area contributed by atoms with Gasteiger partial charge in [0.15, 0.2) is 0 Å². The molecular weight excluding hydrogens is 234 g/mol. The van der Waals surface area contributed by atoms with Gasteiger partial charge in [-0.1, -0.05) is 17.7 Å². The summed E-state index contributed by atoms with van der Waals surface area (Å²) >= 11 is 6.06. The molecule has 0 fully saturated rings. The van der Waals surface area contributed by atoms with E-state index in [1.807, 2.05) is 45.0 Å². The molecule has 17 heavy (non-hydrogen) atoms. The standard InChI is InChI=1S/C13H14ClN3/c1-8-7-9(2)16-13(15-8)17-12-6-4-5-11(14)10(12)3/h4-7H,1-3H3,(H,15,16,17). The minimum atomic E-state index is 0.605. The lowest BCUT2D eigenvalue weighted by molar-refractivity contribution is 1.06. The molecule has 3 nitrogen and oxygen atoms in total. The molecule has 0 radical (unpaired) electrons. The van der Waals surface area contributed by atoms with E-state index in [0.717, 1.165) is 27.7 Å². The number of aromatic nitrogens is 2. The number of nitrogens with zero attached hydrogens (tertiary/aromatic N) is 2. The number of halogens is 1. The van der Waals surface area contributed by atoms with Crippen molar-refractivity contribution in [1.82, 2.24) is 9.97 Å². The number of nitrogens with one attached hydrogen (secondary N) is 1. The Kier molecular flexibility index (Phi) is 3.29. The summed E-state index contributed by atoms with van der Waals surface area (Å²) in [5.74, 6) is 0.605. The summed E-state index contributed by atoms with van der Waals surface area (Å²) in [6.07, 6.45) is 0. The summed E-state index contributed by atoms with van der Waals surface area (Å²) in [7, 11) is 0. The van der Waals surface area contributed by atoms with Crippen molar-refractivity contribution in [3.05, 3.63) is 46.2 Å². The molecule has 4 heteroatoms. The summed E-state index contributed by atoms with van der Waals surface area (Å²) in [6.45, 7) is 5.86. The summed E-state index contributed by atoms with van der Waals surface area (Å²) in [6, 6.07) is 7.67. The zero-order chi connectivity index (χ0) is 12.4. The minimum absolute atomic E-state index is 0.605. The summed E-state index contributed by atoms with van der Waals surface area (Å²) in [5, 5.41) is 3.92. The van der Waals surface area contributed by atoms with Crippen LogP contribution in [-0.4, -0.2) is 9.97 Å². The fraction of sp³-hybridized carbons (Fsp3) is 0.231. The molecule has 0 spiro atoms. The highest BCUT2D eigenvalue weighted by atomic mass is 35.5. The van der Waals surface area contributed by atoms with Crippen LogP contribution >= 0.6 is 11.6 Å². The molecule has 1 aromatic heterocycles. The van der Waals surface area contributed by atoms with Crippen molar-refractivity contribution in [3.63, 3.8) is 0 Å². The van der Waals surface area contributed by atoms with E-state index >= 15 is 0 Å². The Morgan fingerprint density at radius 2 is 1.71 bits per heavy atom. The maximum Gasteiger partial charge on any atom is 0.227 e. The van der Waals surface area contributed by atoms with E-state index in [4.69, 9.17) is 11.6 Å². The minimum Gasteiger partial charge on any atom is -0.324 e. The Hall–Kier alpha value is -1.61. The second-order valence-electron chi connectivity index (χ2n) is 4.01. The topological polar surface area (TPSA) is 37.8 Å². The van der Waals surface area contributed by atoms with Crippen molar-refractivity contribution in [3.8, 4) is 0 Å². The fourth-order valence-corrected chi connectivity index (χ4v) is 1.82. The van der Waals surface area contributed by atoms with Crippen LogP contribution in [0.4, 0.5) is 11.6 Å². The first-order chi connectivity index (χ1) is 8.06. The van der Waals surface area contributed by atoms with Gasteiger partial charge in [0.25, 0.3) is 0 Å². The Balaban J connectivity index is 2.34. The van der Waals surface area contributed by atoms with E-state index in [1.54, 1.807) is 0 Å². The maximum absolute atomic E-state index is 6.06. The van der Waals surface area contributed by atoms with Crippen LogP contribution in [0.15, 0.2) is 24.3 Å². The van der Waals surface area contributed by atoms with Crippen molar-refractivity contribution in [1.29, 1.82) is 0 Å². The number of anilines is 2. The molecule has 2 rings (SSSR count). The van der Waals surface area contributed by atoms with Crippen LogP contribution in [0.2, 0.25) is 5.02 Å². The number of aryl methyl sites for hydroxylation is 2. The van der Waals surface area contributed by atoms with Gasteiger partial charge >= 0.3 is 0 Å². The van der Waals surface area contributed by atoms with Crippen molar-refractivity contribution in [2.75, 3.05) is 5.32 Å². The predicted molar refractivity (Wildman–Crippen MR) is 71.0 cm³/mol. The Morgan fingerprint density at radius 3 is 2.35 bits per heavy atom. The number of benzene rings is 1. The van der Waals surface area contributed by atoms with E-state index in [-0.39, 0.29) is 0 Å². The lowest BCUT2D eigenvalue weighted by atomic mass is 10.2. The molecule has 0 saturated carbocycles. The molecule has 1 N–H and O–H groups in total. The number of rotatable bonds is 2. The highest BCUT2D eigenvalue weighted by Gasteiger charge is 2.04. The van der Waals surface area contributed by atoms with Gasteiger partial charge in [-0.2, -0.15) is 0 Å². The van der Waals surface area contributed by atoms with E-state index < -0.39 is 0 Å². The highest BCUT2D eigenvalue weighted by Crippen LogP contribution is 2.24. The quantitative estimate of drug-likeness (QED) is 0.877. The van der Waals surface area contributed by atoms with Crippen molar-refractivity contribution >= 4 is 23.2 Å². The summed E-state index contributed by atoms with van der Waals surface area (Å²) in [4.78, 5) is 8.67. The van der Waals surface area contributed by atoms with Crippen LogP contribution < -0.4 is 5.32 Å². The first-order valence-electron chi connectivity index (χ1n) is 5.40. The molecule has 0 aliphatic rings. The van der Waals surface area contributed by atoms with Crippen LogP contribution in [0.5, 0.6) is 0 Å². The van der Waals surface area contributed by atoms with Gasteiger partial charge < -0.3 is 5.32 Å². The van der Waals surface area contributed by atoms with Gasteiger partial charge in [0.05, 0.1) is 0 Å². The Morgan fingerprint density at radius 1 is 1.06 bits per heavy atom. The Bertz CT molecular complexity index is 532. The average Bonchev–Trinajstić information content (AvgIpc) is 2.23. The molecule has 88 valence electrons. The average molecular weight is 248 g/mol. The maximum atomic E-state index is 6.06. The van der Waals surface area contributed by atoms with Gasteiger partial charge in [-0.25, -0.2) is 9.97 Å². The molecular formula is C13H14ClN3. The van der Waals surface area contributed by atoms with Crippen molar-refractivity contribution in [2.24, 2.45) is 0 Å². The van der Waals surface area contributed by atoms with Crippen LogP contribution in [0.3, 0.4) is 0 Å². The van der Waals surface area contributed by atoms with Crippen molar-refractivity contribution in [2.45, 2.75) is 20.8 Å². The van der Waals surface area contributed by atoms with Crippen LogP contribution in [0.1, 0.15) is 17.0 Å². The largest absolute Gasteiger partial charge is 0.324 e. The summed E-state index contributed by atoms with van der Waals surface area (Å²) < 4.78 is 0. The number of hydrogen-bond acceptors (Lipinski definition) is 3. The van der Waals surface area contributed by atoms with Crippen LogP contribution in [0.25, 0.3) is 0 Å². The normalized spacial score (nSPS) is 10.4. The van der Waals surface area contributed by atoms with Crippen LogP contribution in [0, 0.1) is 20.8 Å². The summed E-state index contributed by atoms with van der Waals surface area (Å²) in [5.41, 5.74) is 3.82. The molecule has 2 aromatic rings. The van der Waals surface area contributed by atoms with E-state index in [0.29, 0.717) is 5.95 Å². The van der Waals surface area contributed by atoms with Gasteiger partial charge in [0.2, 0.25) is 5.95 Å². The first-order valence-corrected chi connectivity index (χ1v) is 5.78. The third-order valence-electron chi connectivity index (χ3n) is 2.50. The number of hydrogen-bond donors (Lipinski definition) is 1. The Labute approximate surface area is 106 Å². The smallest absolute Gasteiger partial charge is 0.227 e. The van der Waals surface area contributed by atoms with Gasteiger partial charge in [-0.15, -0.1) is 0 Å². The molecule has 0 bridgehead atoms. The molecule has 0 unspecified atom stereocenters. The van der Waals surface area contributed by atoms with E-state index in [9.17, 15) is 0 Å². The van der Waals surface area contributed by atoms with Crippen LogP contribution in [-0.2, 0) is 0 Å². The molecule has 0 amide bonds. The SMILES string of the molecule is Cc1cc(C)nc(Nc2cccc(Cl)c2C)n1. The molecule has 0 saturated heterocycles. The second-order valence-corrected chi connectivity index (χ2v) is 4.42. The fourth-order valence-electron chi connectivity index (χ4n) is 1.65. The third kappa shape index (κ3) is 2.74. The zero-order valence-corrected chi connectivity index (χ0v) is 10.8. The van der Waals surface area contributed by atoms with Gasteiger partial charge in [-0.05, 0) is 44.5 Å². The van der Waals surface area contributed by atoms with Gasteiger partial charge in [0.1, 0.15) is 0 Å². The van der Waals surface area contributed by atoms with Gasteiger partial charge in [0, 0.05) is 22.1 Å². The van der Waals surface area contributed by atoms with E-state index in [2.05, 4.69) is 15.3 Å². The lowest BCUT2D eigenvalue weighted by Gasteiger charge is -2.10. The molecule has 1 aromatic carbocycles. The monoisotopic (exact) mass is 247 g/mol. The third-order valence-corrected chi connectivity index (χ3v) is 2.91. The van der Waals surface area contributed by atoms with Crippen molar-refractivity contribution < 1.29 is 0 Å². The lowest BCUT2D eigenvalue weighted by Crippen LogP contribution is -2.01. The molecule has 0 aliphatic heterocycles. The van der Waals surface area contributed by atoms with E-state index in [1.165, 1.54) is 0 Å². The molecule has 0 aliphatic carbocycles. The highest BCUT2D eigenvalue weighted by molar-refractivity contribution is 6.31. The second kappa shape index (κ2) is 4.72. The first kappa shape index (κ1) is 11.9. The predicted octanol–water partition coefficient (Wildman–Crippen LogP) is 3.80.